The molecule has 4 nitrogen and oxygen atoms in total. The van der Waals surface area contributed by atoms with Crippen molar-refractivity contribution in [2.24, 2.45) is 5.41 Å². The Morgan fingerprint density at radius 1 is 1.12 bits per heavy atom. The number of hydrogen-bond acceptors (Lipinski definition) is 2. The van der Waals surface area contributed by atoms with Crippen LogP contribution < -0.4 is 5.32 Å². The van der Waals surface area contributed by atoms with E-state index in [1.807, 2.05) is 4.90 Å². The van der Waals surface area contributed by atoms with Crippen molar-refractivity contribution in [3.05, 3.63) is 35.6 Å². The van der Waals surface area contributed by atoms with Crippen LogP contribution in [0.4, 0.5) is 4.39 Å². The summed E-state index contributed by atoms with van der Waals surface area (Å²) >= 11 is 0. The highest BCUT2D eigenvalue weighted by molar-refractivity contribution is 6.04. The summed E-state index contributed by atoms with van der Waals surface area (Å²) in [6, 6.07) is 6.52. The molecule has 0 radical (unpaired) electrons. The van der Waals surface area contributed by atoms with Crippen molar-refractivity contribution in [2.45, 2.75) is 46.0 Å². The first kappa shape index (κ1) is 18.4. The summed E-state index contributed by atoms with van der Waals surface area (Å²) in [5.41, 5.74) is -0.533. The molecule has 1 fully saturated rings. The van der Waals surface area contributed by atoms with E-state index in [-0.39, 0.29) is 17.6 Å². The van der Waals surface area contributed by atoms with Gasteiger partial charge in [-0.2, -0.15) is 0 Å². The van der Waals surface area contributed by atoms with Gasteiger partial charge >= 0.3 is 0 Å². The maximum absolute atomic E-state index is 13.6. The maximum atomic E-state index is 13.6. The van der Waals surface area contributed by atoms with E-state index in [4.69, 9.17) is 0 Å². The van der Waals surface area contributed by atoms with Crippen LogP contribution >= 0.6 is 0 Å². The zero-order valence-electron chi connectivity index (χ0n) is 14.6. The summed E-state index contributed by atoms with van der Waals surface area (Å²) in [4.78, 5) is 27.0. The van der Waals surface area contributed by atoms with Crippen LogP contribution in [0, 0.1) is 11.2 Å². The Morgan fingerprint density at radius 2 is 1.75 bits per heavy atom. The molecule has 24 heavy (non-hydrogen) atoms. The fourth-order valence-corrected chi connectivity index (χ4v) is 3.00. The van der Waals surface area contributed by atoms with E-state index in [1.165, 1.54) is 6.07 Å². The number of halogens is 1. The Labute approximate surface area is 143 Å². The number of amides is 2. The SMILES string of the molecule is CC(C)(C(=O)NCCc1ccccc1F)C(=O)N1CCCCCC1. The summed E-state index contributed by atoms with van der Waals surface area (Å²) < 4.78 is 13.6. The summed E-state index contributed by atoms with van der Waals surface area (Å²) in [6.07, 6.45) is 4.68. The van der Waals surface area contributed by atoms with Gasteiger partial charge in [-0.3, -0.25) is 9.59 Å². The van der Waals surface area contributed by atoms with Gasteiger partial charge in [0.15, 0.2) is 0 Å². The Hall–Kier alpha value is -1.91. The lowest BCUT2D eigenvalue weighted by atomic mass is 9.90. The number of benzene rings is 1. The van der Waals surface area contributed by atoms with Crippen LogP contribution in [-0.4, -0.2) is 36.3 Å². The largest absolute Gasteiger partial charge is 0.355 e. The van der Waals surface area contributed by atoms with Crippen LogP contribution in [0.15, 0.2) is 24.3 Å². The minimum atomic E-state index is -1.10. The second-order valence-corrected chi connectivity index (χ2v) is 6.93. The molecule has 1 saturated heterocycles. The molecule has 2 amide bonds. The molecule has 0 unspecified atom stereocenters. The van der Waals surface area contributed by atoms with Crippen molar-refractivity contribution in [1.29, 1.82) is 0 Å². The van der Waals surface area contributed by atoms with E-state index in [0.717, 1.165) is 38.8 Å². The van der Waals surface area contributed by atoms with Gasteiger partial charge in [0.2, 0.25) is 11.8 Å². The minimum absolute atomic E-state index is 0.118. The molecule has 0 saturated carbocycles. The van der Waals surface area contributed by atoms with E-state index in [0.29, 0.717) is 18.5 Å². The number of nitrogens with one attached hydrogen (secondary N) is 1. The van der Waals surface area contributed by atoms with Gasteiger partial charge in [-0.15, -0.1) is 0 Å². The summed E-state index contributed by atoms with van der Waals surface area (Å²) in [6.45, 7) is 5.10. The average Bonchev–Trinajstić information content (AvgIpc) is 2.85. The van der Waals surface area contributed by atoms with E-state index in [1.54, 1.807) is 32.0 Å². The molecule has 5 heteroatoms. The van der Waals surface area contributed by atoms with E-state index >= 15 is 0 Å². The second kappa shape index (κ2) is 8.27. The van der Waals surface area contributed by atoms with Crippen molar-refractivity contribution in [2.75, 3.05) is 19.6 Å². The van der Waals surface area contributed by atoms with Crippen LogP contribution in [-0.2, 0) is 16.0 Å². The zero-order chi connectivity index (χ0) is 17.6. The topological polar surface area (TPSA) is 49.4 Å². The molecule has 0 aliphatic carbocycles. The summed E-state index contributed by atoms with van der Waals surface area (Å²) in [5.74, 6) is -0.687. The molecular weight excluding hydrogens is 307 g/mol. The normalized spacial score (nSPS) is 15.7. The van der Waals surface area contributed by atoms with E-state index < -0.39 is 5.41 Å². The number of hydrogen-bond donors (Lipinski definition) is 1. The molecule has 132 valence electrons. The van der Waals surface area contributed by atoms with Crippen LogP contribution in [0.3, 0.4) is 0 Å². The number of carbonyl (C=O) groups is 2. The predicted octanol–water partition coefficient (Wildman–Crippen LogP) is 2.91. The van der Waals surface area contributed by atoms with Crippen LogP contribution in [0.25, 0.3) is 0 Å². The van der Waals surface area contributed by atoms with Gasteiger partial charge in [0.25, 0.3) is 0 Å². The van der Waals surface area contributed by atoms with Gasteiger partial charge in [-0.1, -0.05) is 31.0 Å². The molecule has 0 aromatic heterocycles. The highest BCUT2D eigenvalue weighted by Gasteiger charge is 2.38. The van der Waals surface area contributed by atoms with Crippen molar-refractivity contribution >= 4 is 11.8 Å². The lowest BCUT2D eigenvalue weighted by molar-refractivity contribution is -0.148. The number of rotatable bonds is 5. The van der Waals surface area contributed by atoms with E-state index in [9.17, 15) is 14.0 Å². The fraction of sp³-hybridized carbons (Fsp3) is 0.579. The van der Waals surface area contributed by atoms with Gasteiger partial charge in [0.05, 0.1) is 0 Å². The molecule has 1 aromatic carbocycles. The monoisotopic (exact) mass is 334 g/mol. The summed E-state index contributed by atoms with van der Waals surface area (Å²) in [7, 11) is 0. The first-order valence-corrected chi connectivity index (χ1v) is 8.74. The summed E-state index contributed by atoms with van der Waals surface area (Å²) in [5, 5.41) is 2.78. The van der Waals surface area contributed by atoms with Gasteiger partial charge in [0.1, 0.15) is 11.2 Å². The van der Waals surface area contributed by atoms with Gasteiger partial charge < -0.3 is 10.2 Å². The molecule has 2 rings (SSSR count). The number of likely N-dealkylation sites (tertiary alicyclic amines) is 1. The third-order valence-electron chi connectivity index (χ3n) is 4.63. The maximum Gasteiger partial charge on any atom is 0.237 e. The van der Waals surface area contributed by atoms with Crippen molar-refractivity contribution < 1.29 is 14.0 Å². The average molecular weight is 334 g/mol. The third kappa shape index (κ3) is 4.56. The molecule has 0 spiro atoms. The smallest absolute Gasteiger partial charge is 0.237 e. The van der Waals surface area contributed by atoms with Crippen LogP contribution in [0.1, 0.15) is 45.1 Å². The van der Waals surface area contributed by atoms with Crippen LogP contribution in [0.5, 0.6) is 0 Å². The van der Waals surface area contributed by atoms with Gasteiger partial charge in [0, 0.05) is 19.6 Å². The number of carbonyl (C=O) groups excluding carboxylic acids is 2. The Balaban J connectivity index is 1.89. The zero-order valence-corrected chi connectivity index (χ0v) is 14.6. The lowest BCUT2D eigenvalue weighted by Gasteiger charge is -2.30. The molecule has 1 aromatic rings. The minimum Gasteiger partial charge on any atom is -0.355 e. The quantitative estimate of drug-likeness (QED) is 0.842. The molecule has 0 bridgehead atoms. The predicted molar refractivity (Wildman–Crippen MR) is 91.9 cm³/mol. The molecule has 1 aliphatic rings. The molecule has 1 heterocycles. The van der Waals surface area contributed by atoms with Crippen molar-refractivity contribution in [3.8, 4) is 0 Å². The first-order valence-electron chi connectivity index (χ1n) is 8.74. The molecular formula is C19H27FN2O2. The third-order valence-corrected chi connectivity index (χ3v) is 4.63. The van der Waals surface area contributed by atoms with Crippen LogP contribution in [0.2, 0.25) is 0 Å². The Kier molecular flexibility index (Phi) is 6.35. The Morgan fingerprint density at radius 3 is 2.38 bits per heavy atom. The molecule has 1 N–H and O–H groups in total. The highest BCUT2D eigenvalue weighted by atomic mass is 19.1. The fourth-order valence-electron chi connectivity index (χ4n) is 3.00. The van der Waals surface area contributed by atoms with Crippen molar-refractivity contribution in [3.63, 3.8) is 0 Å². The standard InChI is InChI=1S/C19H27FN2O2/c1-19(2,18(24)22-13-7-3-4-8-14-22)17(23)21-12-11-15-9-5-6-10-16(15)20/h5-6,9-10H,3-4,7-8,11-14H2,1-2H3,(H,21,23). The van der Waals surface area contributed by atoms with Gasteiger partial charge in [-0.25, -0.2) is 4.39 Å². The Bertz CT molecular complexity index is 578. The number of nitrogens with zero attached hydrogens (tertiary/aromatic N) is 1. The second-order valence-electron chi connectivity index (χ2n) is 6.93. The van der Waals surface area contributed by atoms with E-state index in [2.05, 4.69) is 5.32 Å². The molecule has 0 atom stereocenters. The van der Waals surface area contributed by atoms with Gasteiger partial charge in [-0.05, 0) is 44.7 Å². The molecule has 1 aliphatic heterocycles. The first-order chi connectivity index (χ1) is 11.4. The highest BCUT2D eigenvalue weighted by Crippen LogP contribution is 2.22. The van der Waals surface area contributed by atoms with Crippen molar-refractivity contribution in [1.82, 2.24) is 10.2 Å². The lowest BCUT2D eigenvalue weighted by Crippen LogP contribution is -2.50.